The van der Waals surface area contributed by atoms with Gasteiger partial charge >= 0.3 is 6.36 Å². The molecule has 1 atom stereocenters. The van der Waals surface area contributed by atoms with Gasteiger partial charge in [-0.25, -0.2) is 0 Å². The van der Waals surface area contributed by atoms with E-state index in [0.29, 0.717) is 12.2 Å². The number of guanidine groups is 1. The molecule has 1 aromatic rings. The molecule has 0 bridgehead atoms. The lowest BCUT2D eigenvalue weighted by Crippen LogP contribution is -2.24. The van der Waals surface area contributed by atoms with Crippen molar-refractivity contribution >= 4 is 11.6 Å². The highest BCUT2D eigenvalue weighted by Gasteiger charge is 2.30. The second-order valence-electron chi connectivity index (χ2n) is 4.21. The molecule has 1 unspecified atom stereocenters. The highest BCUT2D eigenvalue weighted by atomic mass is 19.4. The maximum Gasteiger partial charge on any atom is 0.573 e. The third kappa shape index (κ3) is 6.28. The summed E-state index contributed by atoms with van der Waals surface area (Å²) in [5.41, 5.74) is 6.08. The van der Waals surface area contributed by atoms with E-state index in [1.165, 1.54) is 24.3 Å². The van der Waals surface area contributed by atoms with Crippen LogP contribution in [0.1, 0.15) is 6.92 Å². The third-order valence-corrected chi connectivity index (χ3v) is 2.25. The molecule has 8 heteroatoms. The first-order valence-corrected chi connectivity index (χ1v) is 5.84. The van der Waals surface area contributed by atoms with E-state index < -0.39 is 6.36 Å². The van der Waals surface area contributed by atoms with Crippen LogP contribution in [-0.2, 0) is 0 Å². The molecule has 0 aliphatic heterocycles. The molecule has 0 amide bonds. The Morgan fingerprint density at radius 1 is 1.40 bits per heavy atom. The van der Waals surface area contributed by atoms with Crippen LogP contribution in [0.5, 0.6) is 5.75 Å². The molecule has 1 aromatic carbocycles. The van der Waals surface area contributed by atoms with Crippen LogP contribution in [0.2, 0.25) is 0 Å². The number of hydrogen-bond acceptors (Lipinski definition) is 3. The molecular weight excluding hydrogens is 275 g/mol. The summed E-state index contributed by atoms with van der Waals surface area (Å²) < 4.78 is 39.6. The number of benzene rings is 1. The zero-order valence-electron chi connectivity index (χ0n) is 10.8. The van der Waals surface area contributed by atoms with Crippen LogP contribution in [-0.4, -0.2) is 30.6 Å². The van der Waals surface area contributed by atoms with Gasteiger partial charge < -0.3 is 20.9 Å². The number of nitrogens with one attached hydrogen (secondary N) is 1. The minimum atomic E-state index is -4.71. The Kier molecular flexibility index (Phi) is 5.63. The first kappa shape index (κ1) is 16.1. The fourth-order valence-electron chi connectivity index (χ4n) is 1.24. The number of rotatable bonds is 5. The third-order valence-electron chi connectivity index (χ3n) is 2.25. The first-order chi connectivity index (χ1) is 9.30. The van der Waals surface area contributed by atoms with Crippen LogP contribution >= 0.6 is 0 Å². The molecule has 1 rings (SSSR count). The number of hydrogen-bond donors (Lipinski definition) is 3. The number of anilines is 1. The number of nitrogens with two attached hydrogens (primary N) is 1. The molecule has 0 saturated heterocycles. The van der Waals surface area contributed by atoms with Crippen molar-refractivity contribution in [1.29, 1.82) is 0 Å². The van der Waals surface area contributed by atoms with Gasteiger partial charge in [-0.05, 0) is 30.2 Å². The van der Waals surface area contributed by atoms with Crippen molar-refractivity contribution in [2.75, 3.05) is 18.5 Å². The molecule has 0 spiro atoms. The number of aliphatic hydroxyl groups excluding tert-OH is 1. The highest BCUT2D eigenvalue weighted by molar-refractivity contribution is 5.92. The largest absolute Gasteiger partial charge is 0.573 e. The van der Waals surface area contributed by atoms with Gasteiger partial charge in [0.15, 0.2) is 5.96 Å². The van der Waals surface area contributed by atoms with Gasteiger partial charge in [-0.1, -0.05) is 6.92 Å². The van der Waals surface area contributed by atoms with Crippen molar-refractivity contribution in [3.8, 4) is 5.75 Å². The molecule has 4 N–H and O–H groups in total. The van der Waals surface area contributed by atoms with Crippen molar-refractivity contribution in [1.82, 2.24) is 0 Å². The number of alkyl halides is 3. The Labute approximate surface area is 114 Å². The van der Waals surface area contributed by atoms with E-state index >= 15 is 0 Å². The molecule has 0 heterocycles. The predicted octanol–water partition coefficient (Wildman–Crippen LogP) is 1.94. The van der Waals surface area contributed by atoms with Crippen molar-refractivity contribution < 1.29 is 23.0 Å². The van der Waals surface area contributed by atoms with Gasteiger partial charge in [0.2, 0.25) is 0 Å². The molecule has 0 aromatic heterocycles. The predicted molar refractivity (Wildman–Crippen MR) is 69.5 cm³/mol. The molecule has 5 nitrogen and oxygen atoms in total. The first-order valence-electron chi connectivity index (χ1n) is 5.84. The number of aliphatic imine (C=N–C) groups is 1. The smallest absolute Gasteiger partial charge is 0.406 e. The van der Waals surface area contributed by atoms with E-state index in [1.54, 1.807) is 6.92 Å². The lowest BCUT2D eigenvalue weighted by Gasteiger charge is -2.10. The molecule has 0 saturated carbocycles. The highest BCUT2D eigenvalue weighted by Crippen LogP contribution is 2.23. The van der Waals surface area contributed by atoms with Gasteiger partial charge in [0.05, 0.1) is 0 Å². The summed E-state index contributed by atoms with van der Waals surface area (Å²) in [5, 5.41) is 11.5. The van der Waals surface area contributed by atoms with Gasteiger partial charge in [0, 0.05) is 18.8 Å². The monoisotopic (exact) mass is 291 g/mol. The van der Waals surface area contributed by atoms with Crippen molar-refractivity contribution in [2.24, 2.45) is 16.6 Å². The second kappa shape index (κ2) is 6.99. The zero-order valence-corrected chi connectivity index (χ0v) is 10.8. The van der Waals surface area contributed by atoms with E-state index in [1.807, 2.05) is 0 Å². The Bertz CT molecular complexity index is 446. The Balaban J connectivity index is 2.57. The minimum Gasteiger partial charge on any atom is -0.406 e. The topological polar surface area (TPSA) is 79.9 Å². The molecule has 0 aliphatic rings. The standard InChI is InChI=1S/C12H16F3N3O2/c1-8(7-19)6-17-11(16)18-9-2-4-10(5-3-9)20-12(13,14)15/h2-5,8,19H,6-7H2,1H3,(H3,16,17,18). The number of nitrogens with zero attached hydrogens (tertiary/aromatic N) is 1. The van der Waals surface area contributed by atoms with E-state index in [4.69, 9.17) is 10.8 Å². The normalized spacial score (nSPS) is 13.9. The van der Waals surface area contributed by atoms with Gasteiger partial charge in [-0.3, -0.25) is 4.99 Å². The van der Waals surface area contributed by atoms with Crippen LogP contribution < -0.4 is 15.8 Å². The number of ether oxygens (including phenoxy) is 1. The van der Waals surface area contributed by atoms with Crippen LogP contribution in [0.4, 0.5) is 18.9 Å². The Hall–Kier alpha value is -1.96. The average molecular weight is 291 g/mol. The number of aliphatic hydroxyl groups is 1. The van der Waals surface area contributed by atoms with Crippen LogP contribution in [0.3, 0.4) is 0 Å². The van der Waals surface area contributed by atoms with E-state index in [0.717, 1.165) is 0 Å². The number of halogens is 3. The molecule has 0 aliphatic carbocycles. The van der Waals surface area contributed by atoms with Crippen molar-refractivity contribution in [2.45, 2.75) is 13.3 Å². The molecule has 0 radical (unpaired) electrons. The summed E-state index contributed by atoms with van der Waals surface area (Å²) in [4.78, 5) is 3.98. The van der Waals surface area contributed by atoms with Crippen LogP contribution in [0.25, 0.3) is 0 Å². The van der Waals surface area contributed by atoms with E-state index in [2.05, 4.69) is 15.0 Å². The summed E-state index contributed by atoms with van der Waals surface area (Å²) in [7, 11) is 0. The fraction of sp³-hybridized carbons (Fsp3) is 0.417. The lowest BCUT2D eigenvalue weighted by atomic mass is 10.2. The summed E-state index contributed by atoms with van der Waals surface area (Å²) in [6.45, 7) is 2.16. The van der Waals surface area contributed by atoms with Gasteiger partial charge in [-0.2, -0.15) is 0 Å². The van der Waals surface area contributed by atoms with Crippen LogP contribution in [0, 0.1) is 5.92 Å². The summed E-state index contributed by atoms with van der Waals surface area (Å²) in [6.07, 6.45) is -4.71. The quantitative estimate of drug-likeness (QED) is 0.572. The van der Waals surface area contributed by atoms with Crippen molar-refractivity contribution in [3.05, 3.63) is 24.3 Å². The van der Waals surface area contributed by atoms with E-state index in [-0.39, 0.29) is 24.2 Å². The second-order valence-corrected chi connectivity index (χ2v) is 4.21. The van der Waals surface area contributed by atoms with Crippen molar-refractivity contribution in [3.63, 3.8) is 0 Å². The lowest BCUT2D eigenvalue weighted by molar-refractivity contribution is -0.274. The summed E-state index contributed by atoms with van der Waals surface area (Å²) in [6, 6.07) is 5.11. The summed E-state index contributed by atoms with van der Waals surface area (Å²) in [5.74, 6) is -0.208. The summed E-state index contributed by atoms with van der Waals surface area (Å²) >= 11 is 0. The Morgan fingerprint density at radius 2 is 2.00 bits per heavy atom. The van der Waals surface area contributed by atoms with Crippen LogP contribution in [0.15, 0.2) is 29.3 Å². The molecule has 20 heavy (non-hydrogen) atoms. The molecular formula is C12H16F3N3O2. The molecule has 0 fully saturated rings. The minimum absolute atomic E-state index is 0.000256. The zero-order chi connectivity index (χ0) is 15.2. The van der Waals surface area contributed by atoms with Gasteiger partial charge in [0.1, 0.15) is 5.75 Å². The van der Waals surface area contributed by atoms with Gasteiger partial charge in [-0.15, -0.1) is 13.2 Å². The maximum atomic E-state index is 12.0. The molecule has 112 valence electrons. The fourth-order valence-corrected chi connectivity index (χ4v) is 1.24. The SMILES string of the molecule is CC(CO)CN=C(N)Nc1ccc(OC(F)(F)F)cc1. The Morgan fingerprint density at radius 3 is 2.50 bits per heavy atom. The van der Waals surface area contributed by atoms with E-state index in [9.17, 15) is 13.2 Å². The average Bonchev–Trinajstić information content (AvgIpc) is 2.36. The maximum absolute atomic E-state index is 12.0. The van der Waals surface area contributed by atoms with Gasteiger partial charge in [0.25, 0.3) is 0 Å².